The molecule has 0 amide bonds. The summed E-state index contributed by atoms with van der Waals surface area (Å²) in [6, 6.07) is 11.3. The van der Waals surface area contributed by atoms with Gasteiger partial charge >= 0.3 is 12.3 Å². The van der Waals surface area contributed by atoms with E-state index in [1.54, 1.807) is 24.3 Å². The molecule has 0 heterocycles. The van der Waals surface area contributed by atoms with E-state index in [1.165, 1.54) is 31.2 Å². The van der Waals surface area contributed by atoms with E-state index in [0.29, 0.717) is 16.9 Å². The molecule has 0 unspecified atom stereocenters. The van der Waals surface area contributed by atoms with Crippen molar-refractivity contribution in [1.82, 2.24) is 0 Å². The summed E-state index contributed by atoms with van der Waals surface area (Å²) < 4.78 is 45.2. The molecule has 0 bridgehead atoms. The molecule has 0 spiro atoms. The molecule has 2 rings (SSSR count). The molecule has 2 aromatic rings. The van der Waals surface area contributed by atoms with E-state index in [9.17, 15) is 18.0 Å². The summed E-state index contributed by atoms with van der Waals surface area (Å²) in [5, 5.41) is 0. The van der Waals surface area contributed by atoms with Crippen molar-refractivity contribution >= 4 is 18.4 Å². The van der Waals surface area contributed by atoms with E-state index in [1.807, 2.05) is 0 Å². The van der Waals surface area contributed by atoms with Crippen LogP contribution in [-0.4, -0.2) is 12.3 Å². The minimum atomic E-state index is -4.73. The Morgan fingerprint density at radius 2 is 1.67 bits per heavy atom. The summed E-state index contributed by atoms with van der Waals surface area (Å²) in [6.45, 7) is 1.28. The molecular formula is C16H15ClF3NO3. The Bertz CT molecular complexity index is 690. The van der Waals surface area contributed by atoms with Crippen molar-refractivity contribution in [2.24, 2.45) is 5.73 Å². The van der Waals surface area contributed by atoms with E-state index in [0.717, 1.165) is 0 Å². The third-order valence-electron chi connectivity index (χ3n) is 2.95. The lowest BCUT2D eigenvalue weighted by Gasteiger charge is -2.15. The summed E-state index contributed by atoms with van der Waals surface area (Å²) in [5.41, 5.74) is 7.35. The molecule has 0 radical (unpaired) electrons. The summed E-state index contributed by atoms with van der Waals surface area (Å²) in [6.07, 6.45) is -4.73. The number of ether oxygens (including phenoxy) is 2. The smallest absolute Gasteiger partial charge is 0.427 e. The highest BCUT2D eigenvalue weighted by Gasteiger charge is 2.31. The van der Waals surface area contributed by atoms with Gasteiger partial charge in [-0.3, -0.25) is 4.79 Å². The van der Waals surface area contributed by atoms with Crippen LogP contribution in [0.2, 0.25) is 0 Å². The fraction of sp³-hybridized carbons (Fsp3) is 0.188. The molecule has 0 aliphatic heterocycles. The number of halogens is 4. The molecule has 4 nitrogen and oxygen atoms in total. The monoisotopic (exact) mass is 361 g/mol. The molecular weight excluding hydrogens is 347 g/mol. The van der Waals surface area contributed by atoms with Crippen LogP contribution < -0.4 is 15.2 Å². The first-order valence-corrected chi connectivity index (χ1v) is 6.64. The lowest BCUT2D eigenvalue weighted by molar-refractivity contribution is -0.274. The molecule has 2 aromatic carbocycles. The van der Waals surface area contributed by atoms with Crippen molar-refractivity contribution < 1.29 is 27.4 Å². The number of carbonyl (C=O) groups is 1. The Morgan fingerprint density at radius 1 is 1.04 bits per heavy atom. The van der Waals surface area contributed by atoms with Crippen LogP contribution in [0.25, 0.3) is 0 Å². The third-order valence-corrected chi connectivity index (χ3v) is 2.95. The average molecular weight is 362 g/mol. The molecule has 0 aliphatic carbocycles. The zero-order valence-electron chi connectivity index (χ0n) is 12.5. The zero-order valence-corrected chi connectivity index (χ0v) is 13.4. The lowest BCUT2D eigenvalue weighted by Crippen LogP contribution is -2.17. The zero-order chi connectivity index (χ0) is 17.0. The molecule has 2 N–H and O–H groups in total. The fourth-order valence-corrected chi connectivity index (χ4v) is 2.01. The molecule has 130 valence electrons. The number of hydrogen-bond donors (Lipinski definition) is 1. The van der Waals surface area contributed by atoms with Gasteiger partial charge in [-0.05, 0) is 35.4 Å². The van der Waals surface area contributed by atoms with Crippen molar-refractivity contribution in [3.63, 3.8) is 0 Å². The first-order chi connectivity index (χ1) is 10.7. The molecule has 0 aromatic heterocycles. The van der Waals surface area contributed by atoms with Gasteiger partial charge in [0.1, 0.15) is 11.5 Å². The predicted molar refractivity (Wildman–Crippen MR) is 84.2 cm³/mol. The number of alkyl halides is 3. The van der Waals surface area contributed by atoms with Gasteiger partial charge in [0.25, 0.3) is 0 Å². The van der Waals surface area contributed by atoms with E-state index in [-0.39, 0.29) is 18.2 Å². The number of carbonyl (C=O) groups excluding carboxylic acids is 1. The SMILES string of the molecule is CC(=O)Oc1cccc([C@H](N)c2ccc(OC(F)(F)F)cc2)c1.Cl. The first-order valence-electron chi connectivity index (χ1n) is 6.64. The summed E-state index contributed by atoms with van der Waals surface area (Å²) >= 11 is 0. The van der Waals surface area contributed by atoms with Crippen molar-refractivity contribution in [2.45, 2.75) is 19.3 Å². The number of rotatable bonds is 4. The van der Waals surface area contributed by atoms with Crippen LogP contribution in [0, 0.1) is 0 Å². The highest BCUT2D eigenvalue weighted by Crippen LogP contribution is 2.27. The second-order valence-electron chi connectivity index (χ2n) is 4.76. The van der Waals surface area contributed by atoms with Gasteiger partial charge in [-0.15, -0.1) is 25.6 Å². The molecule has 0 saturated carbocycles. The Hall–Kier alpha value is -2.25. The van der Waals surface area contributed by atoms with E-state index in [4.69, 9.17) is 10.5 Å². The first kappa shape index (κ1) is 19.8. The minimum absolute atomic E-state index is 0. The number of benzene rings is 2. The van der Waals surface area contributed by atoms with Crippen molar-refractivity contribution in [2.75, 3.05) is 0 Å². The van der Waals surface area contributed by atoms with Gasteiger partial charge in [-0.2, -0.15) is 0 Å². The standard InChI is InChI=1S/C16H14F3NO3.ClH/c1-10(21)22-14-4-2-3-12(9-14)15(20)11-5-7-13(8-6-11)23-16(17,18)19;/h2-9,15H,20H2,1H3;1H/t15-;/m1./s1. The highest BCUT2D eigenvalue weighted by atomic mass is 35.5. The molecule has 8 heteroatoms. The fourth-order valence-electron chi connectivity index (χ4n) is 2.01. The summed E-state index contributed by atoms with van der Waals surface area (Å²) in [4.78, 5) is 11.0. The predicted octanol–water partition coefficient (Wildman–Crippen LogP) is 3.98. The molecule has 24 heavy (non-hydrogen) atoms. The van der Waals surface area contributed by atoms with Gasteiger partial charge in [0.05, 0.1) is 6.04 Å². The Labute approximate surface area is 142 Å². The quantitative estimate of drug-likeness (QED) is 0.661. The Morgan fingerprint density at radius 3 is 2.21 bits per heavy atom. The minimum Gasteiger partial charge on any atom is -0.427 e. The van der Waals surface area contributed by atoms with Crippen LogP contribution in [0.5, 0.6) is 11.5 Å². The van der Waals surface area contributed by atoms with Gasteiger partial charge < -0.3 is 15.2 Å². The van der Waals surface area contributed by atoms with Crippen LogP contribution >= 0.6 is 12.4 Å². The van der Waals surface area contributed by atoms with E-state index in [2.05, 4.69) is 4.74 Å². The second-order valence-corrected chi connectivity index (χ2v) is 4.76. The maximum atomic E-state index is 12.1. The van der Waals surface area contributed by atoms with Gasteiger partial charge in [0.2, 0.25) is 0 Å². The normalized spacial score (nSPS) is 12.0. The summed E-state index contributed by atoms with van der Waals surface area (Å²) in [5.74, 6) is -0.422. The number of esters is 1. The third kappa shape index (κ3) is 5.75. The van der Waals surface area contributed by atoms with E-state index < -0.39 is 18.4 Å². The molecule has 0 fully saturated rings. The molecule has 0 aliphatic rings. The lowest BCUT2D eigenvalue weighted by atomic mass is 9.99. The Balaban J connectivity index is 0.00000288. The number of nitrogens with two attached hydrogens (primary N) is 1. The van der Waals surface area contributed by atoms with Crippen LogP contribution in [-0.2, 0) is 4.79 Å². The van der Waals surface area contributed by atoms with Gasteiger partial charge in [0.15, 0.2) is 0 Å². The van der Waals surface area contributed by atoms with E-state index >= 15 is 0 Å². The summed E-state index contributed by atoms with van der Waals surface area (Å²) in [7, 11) is 0. The highest BCUT2D eigenvalue weighted by molar-refractivity contribution is 5.85. The van der Waals surface area contributed by atoms with Crippen LogP contribution in [0.1, 0.15) is 24.1 Å². The van der Waals surface area contributed by atoms with Gasteiger partial charge in [-0.1, -0.05) is 24.3 Å². The average Bonchev–Trinajstić information content (AvgIpc) is 2.45. The molecule has 1 atom stereocenters. The van der Waals surface area contributed by atoms with Crippen LogP contribution in [0.3, 0.4) is 0 Å². The number of hydrogen-bond acceptors (Lipinski definition) is 4. The van der Waals surface area contributed by atoms with Crippen molar-refractivity contribution in [1.29, 1.82) is 0 Å². The van der Waals surface area contributed by atoms with Crippen LogP contribution in [0.4, 0.5) is 13.2 Å². The van der Waals surface area contributed by atoms with Gasteiger partial charge in [0, 0.05) is 6.92 Å². The van der Waals surface area contributed by atoms with Gasteiger partial charge in [-0.25, -0.2) is 0 Å². The maximum Gasteiger partial charge on any atom is 0.573 e. The van der Waals surface area contributed by atoms with Crippen LogP contribution in [0.15, 0.2) is 48.5 Å². The van der Waals surface area contributed by atoms with Crippen molar-refractivity contribution in [3.05, 3.63) is 59.7 Å². The second kappa shape index (κ2) is 8.03. The largest absolute Gasteiger partial charge is 0.573 e. The maximum absolute atomic E-state index is 12.1. The van der Waals surface area contributed by atoms with Crippen molar-refractivity contribution in [3.8, 4) is 11.5 Å². The molecule has 0 saturated heterocycles. The Kier molecular flexibility index (Phi) is 6.62. The topological polar surface area (TPSA) is 61.5 Å².